The van der Waals surface area contributed by atoms with Gasteiger partial charge in [-0.25, -0.2) is 0 Å². The molecule has 1 N–H and O–H groups in total. The molecule has 1 saturated carbocycles. The lowest BCUT2D eigenvalue weighted by atomic mass is 10.1. The Morgan fingerprint density at radius 3 is 2.71 bits per heavy atom. The maximum Gasteiger partial charge on any atom is 0.205 e. The molecule has 0 aliphatic heterocycles. The second-order valence-electron chi connectivity index (χ2n) is 4.46. The molecular formula is C12H21N3OS. The van der Waals surface area contributed by atoms with Crippen molar-refractivity contribution in [3.05, 3.63) is 5.01 Å². The van der Waals surface area contributed by atoms with Gasteiger partial charge < -0.3 is 10.1 Å². The van der Waals surface area contributed by atoms with Gasteiger partial charge in [-0.2, -0.15) is 0 Å². The van der Waals surface area contributed by atoms with Crippen molar-refractivity contribution in [2.24, 2.45) is 0 Å². The van der Waals surface area contributed by atoms with E-state index in [0.717, 1.165) is 16.7 Å². The summed E-state index contributed by atoms with van der Waals surface area (Å²) in [6.07, 6.45) is 8.20. The van der Waals surface area contributed by atoms with Gasteiger partial charge in [-0.1, -0.05) is 37.0 Å². The minimum absolute atomic E-state index is 0.434. The molecule has 0 spiro atoms. The van der Waals surface area contributed by atoms with Crippen LogP contribution in [0.15, 0.2) is 0 Å². The minimum Gasteiger partial charge on any atom is -0.371 e. The van der Waals surface area contributed by atoms with Crippen LogP contribution in [0.3, 0.4) is 0 Å². The van der Waals surface area contributed by atoms with E-state index >= 15 is 0 Å². The van der Waals surface area contributed by atoms with Gasteiger partial charge in [0.25, 0.3) is 0 Å². The molecule has 0 bridgehead atoms. The first-order valence-electron chi connectivity index (χ1n) is 6.56. The standard InChI is InChI=1S/C12H21N3OS/c1-2-13-12-15-14-11(17-12)9-16-10-7-5-3-4-6-8-10/h10H,2-9H2,1H3,(H,13,15). The summed E-state index contributed by atoms with van der Waals surface area (Å²) in [7, 11) is 0. The zero-order chi connectivity index (χ0) is 11.9. The van der Waals surface area contributed by atoms with Gasteiger partial charge in [0.05, 0.1) is 6.10 Å². The maximum atomic E-state index is 5.92. The first-order chi connectivity index (χ1) is 8.38. The van der Waals surface area contributed by atoms with E-state index in [1.165, 1.54) is 38.5 Å². The Bertz CT molecular complexity index is 321. The number of aromatic nitrogens is 2. The second-order valence-corrected chi connectivity index (χ2v) is 5.52. The van der Waals surface area contributed by atoms with Crippen LogP contribution >= 0.6 is 11.3 Å². The molecule has 0 aromatic carbocycles. The van der Waals surface area contributed by atoms with Crippen molar-refractivity contribution >= 4 is 16.5 Å². The number of rotatable bonds is 5. The first-order valence-corrected chi connectivity index (χ1v) is 7.38. The van der Waals surface area contributed by atoms with Gasteiger partial charge in [0, 0.05) is 6.54 Å². The van der Waals surface area contributed by atoms with Gasteiger partial charge in [-0.3, -0.25) is 0 Å². The molecule has 0 amide bonds. The second kappa shape index (κ2) is 6.91. The van der Waals surface area contributed by atoms with Crippen molar-refractivity contribution in [1.29, 1.82) is 0 Å². The van der Waals surface area contributed by atoms with E-state index in [1.54, 1.807) is 11.3 Å². The number of hydrogen-bond acceptors (Lipinski definition) is 5. The summed E-state index contributed by atoms with van der Waals surface area (Å²) < 4.78 is 5.92. The summed E-state index contributed by atoms with van der Waals surface area (Å²) >= 11 is 1.59. The van der Waals surface area contributed by atoms with E-state index in [1.807, 2.05) is 0 Å². The smallest absolute Gasteiger partial charge is 0.205 e. The highest BCUT2D eigenvalue weighted by molar-refractivity contribution is 7.15. The van der Waals surface area contributed by atoms with Crippen molar-refractivity contribution in [3.63, 3.8) is 0 Å². The fourth-order valence-corrected chi connectivity index (χ4v) is 2.86. The third kappa shape index (κ3) is 4.24. The van der Waals surface area contributed by atoms with Crippen LogP contribution in [-0.4, -0.2) is 22.8 Å². The van der Waals surface area contributed by atoms with Crippen LogP contribution < -0.4 is 5.32 Å². The molecule has 1 heterocycles. The number of ether oxygens (including phenoxy) is 1. The fraction of sp³-hybridized carbons (Fsp3) is 0.833. The topological polar surface area (TPSA) is 47.0 Å². The van der Waals surface area contributed by atoms with E-state index in [4.69, 9.17) is 4.74 Å². The predicted octanol–water partition coefficient (Wildman–Crippen LogP) is 3.21. The summed E-state index contributed by atoms with van der Waals surface area (Å²) in [6.45, 7) is 3.56. The largest absolute Gasteiger partial charge is 0.371 e. The van der Waals surface area contributed by atoms with E-state index < -0.39 is 0 Å². The highest BCUT2D eigenvalue weighted by Crippen LogP contribution is 2.22. The average Bonchev–Trinajstić information content (AvgIpc) is 2.63. The monoisotopic (exact) mass is 255 g/mol. The Balaban J connectivity index is 1.75. The van der Waals surface area contributed by atoms with Crippen LogP contribution in [0.25, 0.3) is 0 Å². The molecule has 1 aliphatic rings. The summed E-state index contributed by atoms with van der Waals surface area (Å²) in [6, 6.07) is 0. The van der Waals surface area contributed by atoms with Gasteiger partial charge in [0.2, 0.25) is 5.13 Å². The van der Waals surface area contributed by atoms with Gasteiger partial charge in [-0.05, 0) is 19.8 Å². The van der Waals surface area contributed by atoms with Crippen LogP contribution in [0.5, 0.6) is 0 Å². The molecular weight excluding hydrogens is 234 g/mol. The van der Waals surface area contributed by atoms with Crippen molar-refractivity contribution in [1.82, 2.24) is 10.2 Å². The Labute approximate surface area is 107 Å². The van der Waals surface area contributed by atoms with Crippen LogP contribution in [-0.2, 0) is 11.3 Å². The van der Waals surface area contributed by atoms with Crippen LogP contribution in [0, 0.1) is 0 Å². The normalized spacial score (nSPS) is 17.9. The van der Waals surface area contributed by atoms with E-state index in [0.29, 0.717) is 12.7 Å². The van der Waals surface area contributed by atoms with E-state index in [9.17, 15) is 0 Å². The molecule has 0 radical (unpaired) electrons. The van der Waals surface area contributed by atoms with E-state index in [2.05, 4.69) is 22.4 Å². The highest BCUT2D eigenvalue weighted by Gasteiger charge is 2.13. The highest BCUT2D eigenvalue weighted by atomic mass is 32.1. The molecule has 96 valence electrons. The number of nitrogens with one attached hydrogen (secondary N) is 1. The zero-order valence-corrected chi connectivity index (χ0v) is 11.3. The quantitative estimate of drug-likeness (QED) is 0.821. The summed E-state index contributed by atoms with van der Waals surface area (Å²) in [5.74, 6) is 0. The molecule has 2 rings (SSSR count). The molecule has 1 fully saturated rings. The minimum atomic E-state index is 0.434. The molecule has 1 aromatic heterocycles. The molecule has 5 heteroatoms. The lowest BCUT2D eigenvalue weighted by Crippen LogP contribution is -2.11. The molecule has 17 heavy (non-hydrogen) atoms. The number of nitrogens with zero attached hydrogens (tertiary/aromatic N) is 2. The lowest BCUT2D eigenvalue weighted by Gasteiger charge is -2.13. The molecule has 1 aromatic rings. The molecule has 4 nitrogen and oxygen atoms in total. The van der Waals surface area contributed by atoms with E-state index in [-0.39, 0.29) is 0 Å². The SMILES string of the molecule is CCNc1nnc(COC2CCCCCC2)s1. The predicted molar refractivity (Wildman–Crippen MR) is 70.4 cm³/mol. The third-order valence-electron chi connectivity index (χ3n) is 3.04. The molecule has 1 aliphatic carbocycles. The van der Waals surface area contributed by atoms with Crippen LogP contribution in [0.4, 0.5) is 5.13 Å². The van der Waals surface area contributed by atoms with Crippen molar-refractivity contribution in [2.75, 3.05) is 11.9 Å². The van der Waals surface area contributed by atoms with Gasteiger partial charge in [0.15, 0.2) is 0 Å². The zero-order valence-electron chi connectivity index (χ0n) is 10.4. The maximum absolute atomic E-state index is 5.92. The van der Waals surface area contributed by atoms with Gasteiger partial charge in [0.1, 0.15) is 11.6 Å². The Kier molecular flexibility index (Phi) is 5.19. The molecule has 0 unspecified atom stereocenters. The third-order valence-corrected chi connectivity index (χ3v) is 3.89. The molecule has 0 saturated heterocycles. The first kappa shape index (κ1) is 12.8. The van der Waals surface area contributed by atoms with Gasteiger partial charge >= 0.3 is 0 Å². The summed E-state index contributed by atoms with van der Waals surface area (Å²) in [5.41, 5.74) is 0. The molecule has 0 atom stereocenters. The fourth-order valence-electron chi connectivity index (χ4n) is 2.13. The van der Waals surface area contributed by atoms with Crippen LogP contribution in [0.2, 0.25) is 0 Å². The summed E-state index contributed by atoms with van der Waals surface area (Å²) in [5, 5.41) is 13.2. The lowest BCUT2D eigenvalue weighted by molar-refractivity contribution is 0.0306. The van der Waals surface area contributed by atoms with Crippen LogP contribution in [0.1, 0.15) is 50.5 Å². The Morgan fingerprint density at radius 1 is 1.24 bits per heavy atom. The average molecular weight is 255 g/mol. The Hall–Kier alpha value is -0.680. The number of anilines is 1. The van der Waals surface area contributed by atoms with Crippen molar-refractivity contribution < 1.29 is 4.74 Å². The van der Waals surface area contributed by atoms with Crippen molar-refractivity contribution in [3.8, 4) is 0 Å². The summed E-state index contributed by atoms with van der Waals surface area (Å²) in [4.78, 5) is 0. The number of hydrogen-bond donors (Lipinski definition) is 1. The van der Waals surface area contributed by atoms with Gasteiger partial charge in [-0.15, -0.1) is 10.2 Å². The van der Waals surface area contributed by atoms with Crippen molar-refractivity contribution in [2.45, 2.75) is 58.2 Å². The Morgan fingerprint density at radius 2 is 2.00 bits per heavy atom.